The Morgan fingerprint density at radius 1 is 1.50 bits per heavy atom. The molecule has 1 aliphatic rings. The summed E-state index contributed by atoms with van der Waals surface area (Å²) in [6.45, 7) is 11.3. The number of aromatic nitrogens is 1. The normalized spacial score (nSPS) is 22.1. The fraction of sp³-hybridized carbons (Fsp3) is 0.667. The second-order valence-electron chi connectivity index (χ2n) is 5.70. The minimum atomic E-state index is 0.620. The van der Waals surface area contributed by atoms with Crippen LogP contribution >= 0.6 is 0 Å². The molecule has 1 aliphatic heterocycles. The van der Waals surface area contributed by atoms with Crippen molar-refractivity contribution < 1.29 is 0 Å². The molecule has 0 radical (unpaired) electrons. The monoisotopic (exact) mass is 247 g/mol. The SMILES string of the molecule is Cc1cnccc1CN1CCCNC(C(C)C)C1. The topological polar surface area (TPSA) is 28.2 Å². The van der Waals surface area contributed by atoms with Gasteiger partial charge in [0.1, 0.15) is 0 Å². The molecule has 0 amide bonds. The van der Waals surface area contributed by atoms with Crippen molar-refractivity contribution in [2.75, 3.05) is 19.6 Å². The van der Waals surface area contributed by atoms with Crippen LogP contribution in [0.1, 0.15) is 31.4 Å². The van der Waals surface area contributed by atoms with Crippen molar-refractivity contribution in [3.05, 3.63) is 29.6 Å². The van der Waals surface area contributed by atoms with Crippen LogP contribution in [-0.2, 0) is 6.54 Å². The highest BCUT2D eigenvalue weighted by molar-refractivity contribution is 5.21. The average Bonchev–Trinajstić information content (AvgIpc) is 2.58. The molecule has 100 valence electrons. The smallest absolute Gasteiger partial charge is 0.0300 e. The van der Waals surface area contributed by atoms with Crippen LogP contribution in [0.5, 0.6) is 0 Å². The Bertz CT molecular complexity index is 376. The zero-order valence-electron chi connectivity index (χ0n) is 11.8. The first-order valence-corrected chi connectivity index (χ1v) is 7.02. The third-order valence-corrected chi connectivity index (χ3v) is 3.85. The lowest BCUT2D eigenvalue weighted by Crippen LogP contribution is -2.41. The number of hydrogen-bond donors (Lipinski definition) is 1. The number of nitrogens with one attached hydrogen (secondary N) is 1. The molecule has 1 aromatic heterocycles. The molecule has 0 spiro atoms. The van der Waals surface area contributed by atoms with Gasteiger partial charge in [0.05, 0.1) is 0 Å². The molecule has 3 heteroatoms. The lowest BCUT2D eigenvalue weighted by Gasteiger charge is -2.27. The summed E-state index contributed by atoms with van der Waals surface area (Å²) in [6.07, 6.45) is 5.11. The highest BCUT2D eigenvalue weighted by atomic mass is 15.2. The first-order valence-electron chi connectivity index (χ1n) is 7.02. The van der Waals surface area contributed by atoms with Gasteiger partial charge in [0.25, 0.3) is 0 Å². The van der Waals surface area contributed by atoms with Gasteiger partial charge in [-0.2, -0.15) is 0 Å². The number of aryl methyl sites for hydroxylation is 1. The van der Waals surface area contributed by atoms with Crippen LogP contribution in [0, 0.1) is 12.8 Å². The molecule has 1 N–H and O–H groups in total. The zero-order valence-corrected chi connectivity index (χ0v) is 11.8. The van der Waals surface area contributed by atoms with E-state index < -0.39 is 0 Å². The van der Waals surface area contributed by atoms with E-state index >= 15 is 0 Å². The molecule has 2 heterocycles. The van der Waals surface area contributed by atoms with Gasteiger partial charge in [-0.05, 0) is 49.5 Å². The molecule has 18 heavy (non-hydrogen) atoms. The second kappa shape index (κ2) is 6.30. The Labute approximate surface area is 111 Å². The summed E-state index contributed by atoms with van der Waals surface area (Å²) in [5, 5.41) is 3.66. The summed E-state index contributed by atoms with van der Waals surface area (Å²) in [6, 6.07) is 2.77. The molecule has 0 bridgehead atoms. The molecule has 1 saturated heterocycles. The Morgan fingerprint density at radius 3 is 3.06 bits per heavy atom. The molecule has 0 aliphatic carbocycles. The number of nitrogens with zero attached hydrogens (tertiary/aromatic N) is 2. The van der Waals surface area contributed by atoms with Crippen LogP contribution in [0.15, 0.2) is 18.5 Å². The van der Waals surface area contributed by atoms with Gasteiger partial charge in [0.2, 0.25) is 0 Å². The maximum Gasteiger partial charge on any atom is 0.0300 e. The van der Waals surface area contributed by atoms with Gasteiger partial charge in [-0.15, -0.1) is 0 Å². The highest BCUT2D eigenvalue weighted by Crippen LogP contribution is 2.14. The van der Waals surface area contributed by atoms with Crippen LogP contribution < -0.4 is 5.32 Å². The second-order valence-corrected chi connectivity index (χ2v) is 5.70. The summed E-state index contributed by atoms with van der Waals surface area (Å²) in [5.74, 6) is 0.698. The summed E-state index contributed by atoms with van der Waals surface area (Å²) < 4.78 is 0. The lowest BCUT2D eigenvalue weighted by atomic mass is 10.0. The van der Waals surface area contributed by atoms with E-state index in [-0.39, 0.29) is 0 Å². The van der Waals surface area contributed by atoms with E-state index in [1.165, 1.54) is 24.1 Å². The van der Waals surface area contributed by atoms with Crippen molar-refractivity contribution in [3.8, 4) is 0 Å². The number of pyridine rings is 1. The van der Waals surface area contributed by atoms with Crippen LogP contribution in [0.2, 0.25) is 0 Å². The molecule has 1 fully saturated rings. The maximum absolute atomic E-state index is 4.17. The minimum absolute atomic E-state index is 0.620. The van der Waals surface area contributed by atoms with Gasteiger partial charge in [0, 0.05) is 31.5 Å². The van der Waals surface area contributed by atoms with E-state index in [1.807, 2.05) is 12.4 Å². The van der Waals surface area contributed by atoms with Gasteiger partial charge in [0.15, 0.2) is 0 Å². The molecule has 1 unspecified atom stereocenters. The number of hydrogen-bond acceptors (Lipinski definition) is 3. The largest absolute Gasteiger partial charge is 0.312 e. The van der Waals surface area contributed by atoms with Crippen LogP contribution in [0.4, 0.5) is 0 Å². The Morgan fingerprint density at radius 2 is 2.33 bits per heavy atom. The van der Waals surface area contributed by atoms with Gasteiger partial charge < -0.3 is 5.32 Å². The number of rotatable bonds is 3. The van der Waals surface area contributed by atoms with E-state index in [0.29, 0.717) is 12.0 Å². The Kier molecular flexibility index (Phi) is 4.72. The van der Waals surface area contributed by atoms with Crippen LogP contribution in [0.3, 0.4) is 0 Å². The Hall–Kier alpha value is -0.930. The summed E-state index contributed by atoms with van der Waals surface area (Å²) in [5.41, 5.74) is 2.71. The fourth-order valence-corrected chi connectivity index (χ4v) is 2.53. The highest BCUT2D eigenvalue weighted by Gasteiger charge is 2.20. The van der Waals surface area contributed by atoms with Crippen molar-refractivity contribution in [2.45, 2.75) is 39.8 Å². The van der Waals surface area contributed by atoms with Gasteiger partial charge >= 0.3 is 0 Å². The van der Waals surface area contributed by atoms with Crippen LogP contribution in [0.25, 0.3) is 0 Å². The van der Waals surface area contributed by atoms with Gasteiger partial charge in [-0.3, -0.25) is 9.88 Å². The van der Waals surface area contributed by atoms with Crippen molar-refractivity contribution in [1.29, 1.82) is 0 Å². The van der Waals surface area contributed by atoms with E-state index in [4.69, 9.17) is 0 Å². The van der Waals surface area contributed by atoms with E-state index in [9.17, 15) is 0 Å². The maximum atomic E-state index is 4.17. The zero-order chi connectivity index (χ0) is 13.0. The van der Waals surface area contributed by atoms with Crippen molar-refractivity contribution in [2.24, 2.45) is 5.92 Å². The molecule has 1 aromatic rings. The molecular weight excluding hydrogens is 222 g/mol. The minimum Gasteiger partial charge on any atom is -0.312 e. The Balaban J connectivity index is 2.01. The van der Waals surface area contributed by atoms with Crippen molar-refractivity contribution >= 4 is 0 Å². The molecule has 3 nitrogen and oxygen atoms in total. The van der Waals surface area contributed by atoms with Gasteiger partial charge in [-0.1, -0.05) is 13.8 Å². The molecule has 2 rings (SSSR count). The lowest BCUT2D eigenvalue weighted by molar-refractivity contribution is 0.238. The quantitative estimate of drug-likeness (QED) is 0.887. The average molecular weight is 247 g/mol. The third kappa shape index (κ3) is 3.53. The first kappa shape index (κ1) is 13.5. The molecule has 1 atom stereocenters. The standard InChI is InChI=1S/C15H25N3/c1-12(2)15-11-18(8-4-6-17-15)10-14-5-7-16-9-13(14)3/h5,7,9,12,15,17H,4,6,8,10-11H2,1-3H3. The van der Waals surface area contributed by atoms with E-state index in [1.54, 1.807) is 0 Å². The van der Waals surface area contributed by atoms with Crippen molar-refractivity contribution in [3.63, 3.8) is 0 Å². The predicted octanol–water partition coefficient (Wildman–Crippen LogP) is 2.21. The molecular formula is C15H25N3. The van der Waals surface area contributed by atoms with Gasteiger partial charge in [-0.25, -0.2) is 0 Å². The summed E-state index contributed by atoms with van der Waals surface area (Å²) in [7, 11) is 0. The third-order valence-electron chi connectivity index (χ3n) is 3.85. The molecule has 0 saturated carbocycles. The van der Waals surface area contributed by atoms with Crippen LogP contribution in [-0.4, -0.2) is 35.6 Å². The predicted molar refractivity (Wildman–Crippen MR) is 75.5 cm³/mol. The molecule has 0 aromatic carbocycles. The fourth-order valence-electron chi connectivity index (χ4n) is 2.53. The van der Waals surface area contributed by atoms with E-state index in [2.05, 4.69) is 42.0 Å². The van der Waals surface area contributed by atoms with Crippen molar-refractivity contribution in [1.82, 2.24) is 15.2 Å². The first-order chi connectivity index (χ1) is 8.66. The van der Waals surface area contributed by atoms with E-state index in [0.717, 1.165) is 19.6 Å². The summed E-state index contributed by atoms with van der Waals surface area (Å²) >= 11 is 0. The summed E-state index contributed by atoms with van der Waals surface area (Å²) in [4.78, 5) is 6.75.